The van der Waals surface area contributed by atoms with Gasteiger partial charge < -0.3 is 20.9 Å². The Kier molecular flexibility index (Phi) is 7.25. The van der Waals surface area contributed by atoms with E-state index in [2.05, 4.69) is 31.2 Å². The van der Waals surface area contributed by atoms with Gasteiger partial charge in [0.2, 0.25) is 0 Å². The van der Waals surface area contributed by atoms with Crippen LogP contribution in [0.1, 0.15) is 17.5 Å². The van der Waals surface area contributed by atoms with Crippen LogP contribution < -0.4 is 26.2 Å². The third kappa shape index (κ3) is 5.74. The molecule has 204 valence electrons. The molecule has 1 fully saturated rings. The highest BCUT2D eigenvalue weighted by atomic mass is 19.4. The molecule has 5 rings (SSSR count). The number of aromatic nitrogens is 1. The van der Waals surface area contributed by atoms with Gasteiger partial charge in [-0.15, -0.1) is 0 Å². The molecule has 2 unspecified atom stereocenters. The predicted molar refractivity (Wildman–Crippen MR) is 131 cm³/mol. The smallest absolute Gasteiger partial charge is 0.366 e. The standard InChI is InChI=1S/C25H27F6N7/c26-24(27,28)16-3-5-17(6-4-16)34-21-18-7-12-37(22-19(25(29,30)31)2-1-9-33-22)13-8-20(18)35-23(36-21)38-14-10-32-11-15-38/h1-6,8-9,13,21,23,32,34-36H,7,10-12,14-15H2. The fourth-order valence-corrected chi connectivity index (χ4v) is 4.82. The molecule has 1 saturated heterocycles. The summed E-state index contributed by atoms with van der Waals surface area (Å²) in [5, 5.41) is 13.5. The normalized spacial score (nSPS) is 23.1. The van der Waals surface area contributed by atoms with Crippen molar-refractivity contribution in [2.75, 3.05) is 42.9 Å². The number of allylic oxidation sites excluding steroid dienone is 1. The van der Waals surface area contributed by atoms with Gasteiger partial charge in [-0.1, -0.05) is 0 Å². The number of rotatable bonds is 4. The van der Waals surface area contributed by atoms with Gasteiger partial charge in [0.15, 0.2) is 0 Å². The molecule has 0 saturated carbocycles. The first-order chi connectivity index (χ1) is 18.1. The first-order valence-corrected chi connectivity index (χ1v) is 12.2. The molecule has 0 aliphatic carbocycles. The first-order valence-electron chi connectivity index (χ1n) is 12.2. The number of benzene rings is 1. The van der Waals surface area contributed by atoms with Gasteiger partial charge in [-0.3, -0.25) is 10.2 Å². The van der Waals surface area contributed by atoms with E-state index in [4.69, 9.17) is 0 Å². The van der Waals surface area contributed by atoms with E-state index in [-0.39, 0.29) is 18.7 Å². The average molecular weight is 540 g/mol. The quantitative estimate of drug-likeness (QED) is 0.440. The predicted octanol–water partition coefficient (Wildman–Crippen LogP) is 3.92. The molecular weight excluding hydrogens is 512 g/mol. The summed E-state index contributed by atoms with van der Waals surface area (Å²) < 4.78 is 80.0. The van der Waals surface area contributed by atoms with Crippen molar-refractivity contribution in [1.29, 1.82) is 0 Å². The van der Waals surface area contributed by atoms with Crippen LogP contribution in [0.5, 0.6) is 0 Å². The number of nitrogens with zero attached hydrogens (tertiary/aromatic N) is 3. The highest BCUT2D eigenvalue weighted by Gasteiger charge is 2.37. The average Bonchev–Trinajstić information content (AvgIpc) is 3.11. The summed E-state index contributed by atoms with van der Waals surface area (Å²) in [6.45, 7) is 3.35. The van der Waals surface area contributed by atoms with Gasteiger partial charge in [-0.2, -0.15) is 26.3 Å². The Labute approximate surface area is 215 Å². The molecular formula is C25H27F6N7. The van der Waals surface area contributed by atoms with Crippen molar-refractivity contribution in [2.24, 2.45) is 0 Å². The number of pyridine rings is 1. The van der Waals surface area contributed by atoms with Gasteiger partial charge in [0.05, 0.1) is 11.1 Å². The largest absolute Gasteiger partial charge is 0.419 e. The summed E-state index contributed by atoms with van der Waals surface area (Å²) >= 11 is 0. The molecule has 4 heterocycles. The van der Waals surface area contributed by atoms with E-state index in [1.807, 2.05) is 0 Å². The van der Waals surface area contributed by atoms with Crippen LogP contribution in [0.15, 0.2) is 66.1 Å². The SMILES string of the molecule is FC(F)(F)c1ccc(NC2NC(N3CCNCC3)NC3=C2CCN(c2ncccc2C(F)(F)F)C=C3)cc1. The number of piperazine rings is 1. The van der Waals surface area contributed by atoms with E-state index in [9.17, 15) is 26.3 Å². The van der Waals surface area contributed by atoms with E-state index in [0.29, 0.717) is 12.1 Å². The summed E-state index contributed by atoms with van der Waals surface area (Å²) in [6.07, 6.45) is -4.74. The van der Waals surface area contributed by atoms with Crippen LogP contribution in [0.25, 0.3) is 0 Å². The molecule has 1 aromatic heterocycles. The van der Waals surface area contributed by atoms with E-state index in [1.54, 1.807) is 12.3 Å². The number of halogens is 6. The van der Waals surface area contributed by atoms with Crippen LogP contribution in [0, 0.1) is 0 Å². The van der Waals surface area contributed by atoms with Gasteiger partial charge in [-0.05, 0) is 54.5 Å². The molecule has 38 heavy (non-hydrogen) atoms. The van der Waals surface area contributed by atoms with E-state index < -0.39 is 29.6 Å². The molecule has 2 aromatic rings. The Morgan fingerprint density at radius 3 is 2.34 bits per heavy atom. The Hall–Kier alpha value is -3.29. The highest BCUT2D eigenvalue weighted by Crippen LogP contribution is 2.36. The second-order valence-corrected chi connectivity index (χ2v) is 9.22. The Morgan fingerprint density at radius 1 is 0.921 bits per heavy atom. The molecule has 0 bridgehead atoms. The van der Waals surface area contributed by atoms with Crippen molar-refractivity contribution in [3.63, 3.8) is 0 Å². The maximum absolute atomic E-state index is 13.6. The van der Waals surface area contributed by atoms with Crippen LogP contribution in [0.3, 0.4) is 0 Å². The van der Waals surface area contributed by atoms with Gasteiger partial charge >= 0.3 is 12.4 Å². The Balaban J connectivity index is 1.42. The molecule has 4 N–H and O–H groups in total. The van der Waals surface area contributed by atoms with Crippen molar-refractivity contribution in [3.8, 4) is 0 Å². The van der Waals surface area contributed by atoms with Gasteiger partial charge in [0.1, 0.15) is 18.3 Å². The molecule has 1 aromatic carbocycles. The Morgan fingerprint density at radius 2 is 1.66 bits per heavy atom. The van der Waals surface area contributed by atoms with Crippen molar-refractivity contribution in [1.82, 2.24) is 25.8 Å². The topological polar surface area (TPSA) is 67.5 Å². The van der Waals surface area contributed by atoms with Crippen LogP contribution in [-0.4, -0.2) is 55.1 Å². The lowest BCUT2D eigenvalue weighted by atomic mass is 10.0. The summed E-state index contributed by atoms with van der Waals surface area (Å²) in [5.74, 6) is -0.185. The van der Waals surface area contributed by atoms with Crippen molar-refractivity contribution in [3.05, 3.63) is 77.3 Å². The lowest BCUT2D eigenvalue weighted by Crippen LogP contribution is -2.65. The van der Waals surface area contributed by atoms with Gasteiger partial charge in [-0.25, -0.2) is 4.98 Å². The van der Waals surface area contributed by atoms with Crippen LogP contribution >= 0.6 is 0 Å². The summed E-state index contributed by atoms with van der Waals surface area (Å²) in [6, 6.07) is 7.03. The maximum atomic E-state index is 13.6. The molecule has 13 heteroatoms. The zero-order valence-electron chi connectivity index (χ0n) is 20.2. The maximum Gasteiger partial charge on any atom is 0.419 e. The van der Waals surface area contributed by atoms with Crippen molar-refractivity contribution < 1.29 is 26.3 Å². The molecule has 0 spiro atoms. The summed E-state index contributed by atoms with van der Waals surface area (Å²) in [4.78, 5) is 7.67. The number of nitrogens with one attached hydrogen (secondary N) is 4. The van der Waals surface area contributed by atoms with Crippen molar-refractivity contribution in [2.45, 2.75) is 31.2 Å². The summed E-state index contributed by atoms with van der Waals surface area (Å²) in [7, 11) is 0. The zero-order valence-corrected chi connectivity index (χ0v) is 20.2. The van der Waals surface area contributed by atoms with E-state index in [0.717, 1.165) is 55.6 Å². The zero-order chi connectivity index (χ0) is 26.9. The lowest BCUT2D eigenvalue weighted by molar-refractivity contribution is -0.138. The minimum atomic E-state index is -4.56. The van der Waals surface area contributed by atoms with Gasteiger partial charge in [0.25, 0.3) is 0 Å². The molecule has 2 atom stereocenters. The fraction of sp³-hybridized carbons (Fsp3) is 0.400. The third-order valence-corrected chi connectivity index (χ3v) is 6.76. The molecule has 3 aliphatic rings. The lowest BCUT2D eigenvalue weighted by Gasteiger charge is -2.43. The van der Waals surface area contributed by atoms with Gasteiger partial charge in [0, 0.05) is 56.5 Å². The van der Waals surface area contributed by atoms with Crippen LogP contribution in [0.4, 0.5) is 37.8 Å². The number of hydrogen-bond donors (Lipinski definition) is 4. The second kappa shape index (κ2) is 10.5. The number of anilines is 2. The van der Waals surface area contributed by atoms with E-state index >= 15 is 0 Å². The molecule has 7 nitrogen and oxygen atoms in total. The number of alkyl halides is 6. The number of hydrogen-bond acceptors (Lipinski definition) is 7. The van der Waals surface area contributed by atoms with Crippen molar-refractivity contribution >= 4 is 11.5 Å². The molecule has 0 radical (unpaired) electrons. The van der Waals surface area contributed by atoms with Crippen LogP contribution in [-0.2, 0) is 12.4 Å². The van der Waals surface area contributed by atoms with Crippen LogP contribution in [0.2, 0.25) is 0 Å². The summed E-state index contributed by atoms with van der Waals surface area (Å²) in [5.41, 5.74) is 0.498. The highest BCUT2D eigenvalue weighted by molar-refractivity contribution is 5.54. The first kappa shape index (κ1) is 26.3. The minimum Gasteiger partial charge on any atom is -0.366 e. The molecule has 3 aliphatic heterocycles. The van der Waals surface area contributed by atoms with E-state index in [1.165, 1.54) is 29.3 Å². The second-order valence-electron chi connectivity index (χ2n) is 9.22. The minimum absolute atomic E-state index is 0.185. The monoisotopic (exact) mass is 539 g/mol. The Bertz CT molecular complexity index is 1190. The fourth-order valence-electron chi connectivity index (χ4n) is 4.82. The third-order valence-electron chi connectivity index (χ3n) is 6.76. The molecule has 0 amide bonds.